The first-order chi connectivity index (χ1) is 8.08. The van der Waals surface area contributed by atoms with E-state index in [1.165, 1.54) is 41.5 Å². The monoisotopic (exact) mass is 231 g/mol. The molecule has 1 aliphatic carbocycles. The van der Waals surface area contributed by atoms with Gasteiger partial charge in [0, 0.05) is 12.6 Å². The van der Waals surface area contributed by atoms with E-state index < -0.39 is 0 Å². The predicted molar refractivity (Wildman–Crippen MR) is 74.3 cm³/mol. The summed E-state index contributed by atoms with van der Waals surface area (Å²) in [7, 11) is 0. The fourth-order valence-electron chi connectivity index (χ4n) is 2.86. The van der Waals surface area contributed by atoms with Gasteiger partial charge < -0.3 is 5.32 Å². The molecule has 1 fully saturated rings. The second-order valence-electron chi connectivity index (χ2n) is 5.74. The molecule has 1 atom stereocenters. The van der Waals surface area contributed by atoms with Gasteiger partial charge in [-0.25, -0.2) is 0 Å². The largest absolute Gasteiger partial charge is 0.310 e. The van der Waals surface area contributed by atoms with Crippen molar-refractivity contribution in [3.63, 3.8) is 0 Å². The summed E-state index contributed by atoms with van der Waals surface area (Å²) in [4.78, 5) is 0. The zero-order valence-corrected chi connectivity index (χ0v) is 11.6. The van der Waals surface area contributed by atoms with E-state index in [-0.39, 0.29) is 0 Å². The van der Waals surface area contributed by atoms with E-state index >= 15 is 0 Å². The lowest BCUT2D eigenvalue weighted by molar-refractivity contribution is 0.240. The summed E-state index contributed by atoms with van der Waals surface area (Å²) in [5.41, 5.74) is 5.71. The molecule has 0 spiro atoms. The summed E-state index contributed by atoms with van der Waals surface area (Å²) in [5.74, 6) is 0.918. The lowest BCUT2D eigenvalue weighted by atomic mass is 9.80. The van der Waals surface area contributed by atoms with Crippen LogP contribution in [0.1, 0.15) is 48.4 Å². The minimum atomic E-state index is 0.670. The van der Waals surface area contributed by atoms with Crippen LogP contribution in [0.15, 0.2) is 12.1 Å². The van der Waals surface area contributed by atoms with E-state index in [2.05, 4.69) is 45.1 Å². The Morgan fingerprint density at radius 3 is 2.24 bits per heavy atom. The SMILES string of the molecule is Cc1cc(C)c(CNC(C)C2CCC2)c(C)c1. The van der Waals surface area contributed by atoms with Crippen LogP contribution in [0.3, 0.4) is 0 Å². The fraction of sp³-hybridized carbons (Fsp3) is 0.625. The van der Waals surface area contributed by atoms with E-state index in [0.29, 0.717) is 6.04 Å². The van der Waals surface area contributed by atoms with Crippen molar-refractivity contribution in [3.05, 3.63) is 34.4 Å². The minimum Gasteiger partial charge on any atom is -0.310 e. The molecule has 1 saturated carbocycles. The topological polar surface area (TPSA) is 12.0 Å². The number of aryl methyl sites for hydroxylation is 3. The van der Waals surface area contributed by atoms with E-state index in [1.807, 2.05) is 0 Å². The first-order valence-corrected chi connectivity index (χ1v) is 6.88. The first-order valence-electron chi connectivity index (χ1n) is 6.88. The Kier molecular flexibility index (Phi) is 3.88. The first kappa shape index (κ1) is 12.6. The van der Waals surface area contributed by atoms with Gasteiger partial charge in [-0.2, -0.15) is 0 Å². The highest BCUT2D eigenvalue weighted by molar-refractivity contribution is 5.37. The van der Waals surface area contributed by atoms with Gasteiger partial charge in [-0.15, -0.1) is 0 Å². The van der Waals surface area contributed by atoms with Crippen molar-refractivity contribution in [2.45, 2.75) is 59.5 Å². The van der Waals surface area contributed by atoms with Crippen LogP contribution in [0, 0.1) is 26.7 Å². The molecule has 0 saturated heterocycles. The van der Waals surface area contributed by atoms with Crippen molar-refractivity contribution in [1.29, 1.82) is 0 Å². The van der Waals surface area contributed by atoms with Crippen LogP contribution in [0.5, 0.6) is 0 Å². The van der Waals surface area contributed by atoms with Crippen LogP contribution >= 0.6 is 0 Å². The van der Waals surface area contributed by atoms with Gasteiger partial charge in [0.1, 0.15) is 0 Å². The molecule has 1 nitrogen and oxygen atoms in total. The van der Waals surface area contributed by atoms with E-state index in [4.69, 9.17) is 0 Å². The molecule has 2 rings (SSSR count). The molecule has 0 bridgehead atoms. The maximum absolute atomic E-state index is 3.70. The highest BCUT2D eigenvalue weighted by Crippen LogP contribution is 2.29. The fourth-order valence-corrected chi connectivity index (χ4v) is 2.86. The predicted octanol–water partition coefficient (Wildman–Crippen LogP) is 3.89. The van der Waals surface area contributed by atoms with Crippen LogP contribution in [-0.4, -0.2) is 6.04 Å². The number of rotatable bonds is 4. The molecule has 0 amide bonds. The Morgan fingerprint density at radius 2 is 1.76 bits per heavy atom. The van der Waals surface area contributed by atoms with Crippen LogP contribution in [0.25, 0.3) is 0 Å². The Balaban J connectivity index is 1.98. The third kappa shape index (κ3) is 2.90. The average Bonchev–Trinajstić information content (AvgIpc) is 2.12. The number of nitrogens with one attached hydrogen (secondary N) is 1. The maximum Gasteiger partial charge on any atom is 0.0213 e. The van der Waals surface area contributed by atoms with Crippen LogP contribution < -0.4 is 5.32 Å². The van der Waals surface area contributed by atoms with Crippen LogP contribution in [0.4, 0.5) is 0 Å². The van der Waals surface area contributed by atoms with E-state index in [0.717, 1.165) is 12.5 Å². The van der Waals surface area contributed by atoms with Gasteiger partial charge in [-0.05, 0) is 63.1 Å². The molecule has 0 radical (unpaired) electrons. The van der Waals surface area contributed by atoms with Crippen molar-refractivity contribution in [1.82, 2.24) is 5.32 Å². The minimum absolute atomic E-state index is 0.670. The van der Waals surface area contributed by atoms with Gasteiger partial charge >= 0.3 is 0 Å². The van der Waals surface area contributed by atoms with Crippen molar-refractivity contribution < 1.29 is 0 Å². The molecule has 0 heterocycles. The van der Waals surface area contributed by atoms with Gasteiger partial charge in [0.2, 0.25) is 0 Å². The standard InChI is InChI=1S/C16H25N/c1-11-8-12(2)16(13(3)9-11)10-17-14(4)15-6-5-7-15/h8-9,14-15,17H,5-7,10H2,1-4H3. The van der Waals surface area contributed by atoms with Crippen LogP contribution in [0.2, 0.25) is 0 Å². The van der Waals surface area contributed by atoms with Gasteiger partial charge in [0.25, 0.3) is 0 Å². The molecule has 1 heteroatoms. The molecular formula is C16H25N. The molecule has 94 valence electrons. The average molecular weight is 231 g/mol. The quantitative estimate of drug-likeness (QED) is 0.829. The summed E-state index contributed by atoms with van der Waals surface area (Å²) in [6.45, 7) is 9.99. The second-order valence-corrected chi connectivity index (χ2v) is 5.74. The van der Waals surface area contributed by atoms with Gasteiger partial charge in [-0.1, -0.05) is 24.1 Å². The zero-order chi connectivity index (χ0) is 12.4. The maximum atomic E-state index is 3.70. The summed E-state index contributed by atoms with van der Waals surface area (Å²) < 4.78 is 0. The molecule has 1 N–H and O–H groups in total. The Hall–Kier alpha value is -0.820. The molecule has 1 unspecified atom stereocenters. The Morgan fingerprint density at radius 1 is 1.18 bits per heavy atom. The second kappa shape index (κ2) is 5.22. The Bertz CT molecular complexity index is 368. The highest BCUT2D eigenvalue weighted by Gasteiger charge is 2.23. The number of benzene rings is 1. The van der Waals surface area contributed by atoms with E-state index in [9.17, 15) is 0 Å². The smallest absolute Gasteiger partial charge is 0.0213 e. The van der Waals surface area contributed by atoms with Crippen molar-refractivity contribution in [2.75, 3.05) is 0 Å². The summed E-state index contributed by atoms with van der Waals surface area (Å²) in [5, 5.41) is 3.70. The third-order valence-electron chi connectivity index (χ3n) is 4.30. The molecule has 17 heavy (non-hydrogen) atoms. The molecular weight excluding hydrogens is 206 g/mol. The summed E-state index contributed by atoms with van der Waals surface area (Å²) in [6, 6.07) is 5.25. The van der Waals surface area contributed by atoms with Crippen molar-refractivity contribution >= 4 is 0 Å². The summed E-state index contributed by atoms with van der Waals surface area (Å²) in [6.07, 6.45) is 4.26. The number of hydrogen-bond donors (Lipinski definition) is 1. The van der Waals surface area contributed by atoms with Crippen LogP contribution in [-0.2, 0) is 6.54 Å². The lowest BCUT2D eigenvalue weighted by Crippen LogP contribution is -2.36. The van der Waals surface area contributed by atoms with Gasteiger partial charge in [0.15, 0.2) is 0 Å². The summed E-state index contributed by atoms with van der Waals surface area (Å²) >= 11 is 0. The van der Waals surface area contributed by atoms with Gasteiger partial charge in [0.05, 0.1) is 0 Å². The third-order valence-corrected chi connectivity index (χ3v) is 4.30. The lowest BCUT2D eigenvalue weighted by Gasteiger charge is -2.32. The Labute approximate surface area is 106 Å². The molecule has 0 aliphatic heterocycles. The van der Waals surface area contributed by atoms with E-state index in [1.54, 1.807) is 0 Å². The highest BCUT2D eigenvalue weighted by atomic mass is 14.9. The molecule has 0 aromatic heterocycles. The normalized spacial score (nSPS) is 17.9. The number of hydrogen-bond acceptors (Lipinski definition) is 1. The zero-order valence-electron chi connectivity index (χ0n) is 11.6. The van der Waals surface area contributed by atoms with Gasteiger partial charge in [-0.3, -0.25) is 0 Å². The molecule has 1 aromatic carbocycles. The van der Waals surface area contributed by atoms with Crippen molar-refractivity contribution in [3.8, 4) is 0 Å². The molecule has 1 aliphatic rings. The molecule has 1 aromatic rings. The van der Waals surface area contributed by atoms with Crippen molar-refractivity contribution in [2.24, 2.45) is 5.92 Å².